The first-order chi connectivity index (χ1) is 13.9. The van der Waals surface area contributed by atoms with Gasteiger partial charge in [0.1, 0.15) is 12.6 Å². The van der Waals surface area contributed by atoms with Crippen LogP contribution in [0.25, 0.3) is 0 Å². The number of nitrogens with one attached hydrogen (secondary N) is 1. The molecule has 1 aliphatic carbocycles. The van der Waals surface area contributed by atoms with E-state index in [1.807, 2.05) is 6.92 Å². The minimum Gasteiger partial charge on any atom is -0.831 e. The van der Waals surface area contributed by atoms with Crippen LogP contribution in [-0.2, 0) is 19.1 Å². The van der Waals surface area contributed by atoms with Gasteiger partial charge in [-0.2, -0.15) is 0 Å². The third-order valence-electron chi connectivity index (χ3n) is 7.17. The average molecular weight is 427 g/mol. The van der Waals surface area contributed by atoms with E-state index in [0.29, 0.717) is 24.4 Å². The summed E-state index contributed by atoms with van der Waals surface area (Å²) in [6, 6.07) is -1.04. The van der Waals surface area contributed by atoms with E-state index in [-0.39, 0.29) is 17.9 Å². The maximum atomic E-state index is 12.8. The molecule has 0 aromatic heterocycles. The first kappa shape index (κ1) is 25.1. The molecule has 0 aromatic carbocycles. The summed E-state index contributed by atoms with van der Waals surface area (Å²) in [5.74, 6) is -0.166. The molecule has 0 aromatic rings. The van der Waals surface area contributed by atoms with Gasteiger partial charge < -0.3 is 25.0 Å². The maximum absolute atomic E-state index is 12.8. The van der Waals surface area contributed by atoms with Crippen LogP contribution in [0.15, 0.2) is 0 Å². The summed E-state index contributed by atoms with van der Waals surface area (Å²) in [4.78, 5) is 23.6. The topological polar surface area (TPSA) is 108 Å². The molecule has 1 aliphatic heterocycles. The standard InChI is InChI=1S/C23H40NO6/c1-13-7-9-17(18-11-29-14(2)8-10-16(13)18)15(3)22(28)30-12-19(25)24-20(21(26)27)23(4,5)6/h13-18,20,22H,7-12H2,1-6H3,(H,24,25)(H,26,27)/q-1/t13-,14?,15-,16+,17+,18?,20-,22-/m1/s1. The van der Waals surface area contributed by atoms with Gasteiger partial charge in [-0.05, 0) is 67.5 Å². The summed E-state index contributed by atoms with van der Waals surface area (Å²) < 4.78 is 11.4. The number of rotatable bonds is 7. The van der Waals surface area contributed by atoms with Gasteiger partial charge in [0.15, 0.2) is 0 Å². The van der Waals surface area contributed by atoms with Gasteiger partial charge in [-0.1, -0.05) is 41.0 Å². The molecule has 0 radical (unpaired) electrons. The highest BCUT2D eigenvalue weighted by molar-refractivity contribution is 5.84. The Morgan fingerprint density at radius 3 is 2.43 bits per heavy atom. The van der Waals surface area contributed by atoms with Crippen molar-refractivity contribution in [2.24, 2.45) is 35.0 Å². The highest BCUT2D eigenvalue weighted by Crippen LogP contribution is 2.46. The largest absolute Gasteiger partial charge is 0.831 e. The maximum Gasteiger partial charge on any atom is 0.326 e. The number of amides is 1. The van der Waals surface area contributed by atoms with E-state index in [1.54, 1.807) is 20.8 Å². The first-order valence-electron chi connectivity index (χ1n) is 11.3. The number of hydrogen-bond acceptors (Lipinski definition) is 5. The molecule has 2 aliphatic rings. The number of ether oxygens (including phenoxy) is 2. The lowest BCUT2D eigenvalue weighted by atomic mass is 9.62. The third-order valence-corrected chi connectivity index (χ3v) is 7.17. The molecular formula is C23H40NO6-. The average Bonchev–Trinajstić information content (AvgIpc) is 2.85. The Morgan fingerprint density at radius 1 is 1.17 bits per heavy atom. The van der Waals surface area contributed by atoms with Crippen LogP contribution in [0.3, 0.4) is 0 Å². The lowest BCUT2D eigenvalue weighted by Crippen LogP contribution is -2.51. The van der Waals surface area contributed by atoms with E-state index in [9.17, 15) is 19.8 Å². The zero-order chi connectivity index (χ0) is 22.6. The van der Waals surface area contributed by atoms with Gasteiger partial charge in [-0.3, -0.25) is 4.79 Å². The van der Waals surface area contributed by atoms with Gasteiger partial charge in [0.2, 0.25) is 5.91 Å². The second kappa shape index (κ2) is 10.4. The molecule has 7 nitrogen and oxygen atoms in total. The fraction of sp³-hybridized carbons (Fsp3) is 0.913. The third kappa shape index (κ3) is 6.41. The number of carboxylic acid groups (broad SMARTS) is 1. The molecule has 1 saturated heterocycles. The van der Waals surface area contributed by atoms with Gasteiger partial charge in [-0.25, -0.2) is 4.79 Å². The number of carbonyl (C=O) groups excluding carboxylic acids is 1. The van der Waals surface area contributed by atoms with E-state index >= 15 is 0 Å². The summed E-state index contributed by atoms with van der Waals surface area (Å²) in [6.07, 6.45) is 3.19. The van der Waals surface area contributed by atoms with E-state index < -0.39 is 36.2 Å². The van der Waals surface area contributed by atoms with Crippen LogP contribution in [0.1, 0.15) is 67.2 Å². The van der Waals surface area contributed by atoms with Crippen molar-refractivity contribution in [2.75, 3.05) is 13.2 Å². The van der Waals surface area contributed by atoms with Crippen molar-refractivity contribution < 1.29 is 29.3 Å². The minimum absolute atomic E-state index is 0.211. The molecule has 2 rings (SSSR count). The predicted molar refractivity (Wildman–Crippen MR) is 111 cm³/mol. The van der Waals surface area contributed by atoms with E-state index in [2.05, 4.69) is 19.2 Å². The summed E-state index contributed by atoms with van der Waals surface area (Å²) in [5, 5.41) is 24.6. The van der Waals surface area contributed by atoms with Crippen LogP contribution in [0, 0.1) is 35.0 Å². The molecule has 0 spiro atoms. The Kier molecular flexibility index (Phi) is 8.71. The molecule has 8 atom stereocenters. The summed E-state index contributed by atoms with van der Waals surface area (Å²) >= 11 is 0. The molecule has 1 saturated carbocycles. The van der Waals surface area contributed by atoms with Crippen molar-refractivity contribution in [1.29, 1.82) is 0 Å². The molecule has 2 fully saturated rings. The van der Waals surface area contributed by atoms with Crippen LogP contribution in [0.4, 0.5) is 0 Å². The monoisotopic (exact) mass is 426 g/mol. The Bertz CT molecular complexity index is 589. The molecular weight excluding hydrogens is 386 g/mol. The molecule has 7 heteroatoms. The Morgan fingerprint density at radius 2 is 1.83 bits per heavy atom. The van der Waals surface area contributed by atoms with Crippen molar-refractivity contribution in [3.8, 4) is 0 Å². The summed E-state index contributed by atoms with van der Waals surface area (Å²) in [5.41, 5.74) is -0.643. The molecule has 174 valence electrons. The van der Waals surface area contributed by atoms with E-state index in [1.165, 1.54) is 0 Å². The number of hydrogen-bond donors (Lipinski definition) is 2. The van der Waals surface area contributed by atoms with Crippen molar-refractivity contribution >= 4 is 11.9 Å². The van der Waals surface area contributed by atoms with Crippen LogP contribution in [-0.4, -0.2) is 48.6 Å². The quantitative estimate of drug-likeness (QED) is 0.605. The van der Waals surface area contributed by atoms with Gasteiger partial charge in [-0.15, -0.1) is 0 Å². The summed E-state index contributed by atoms with van der Waals surface area (Å²) in [7, 11) is 0. The molecule has 0 bridgehead atoms. The zero-order valence-corrected chi connectivity index (χ0v) is 19.3. The fourth-order valence-electron chi connectivity index (χ4n) is 5.17. The highest BCUT2D eigenvalue weighted by atomic mass is 16.6. The van der Waals surface area contributed by atoms with Crippen LogP contribution < -0.4 is 10.4 Å². The first-order valence-corrected chi connectivity index (χ1v) is 11.3. The van der Waals surface area contributed by atoms with Gasteiger partial charge in [0, 0.05) is 0 Å². The van der Waals surface area contributed by atoms with Gasteiger partial charge >= 0.3 is 5.97 Å². The number of fused-ring (bicyclic) bond motifs is 1. The fourth-order valence-corrected chi connectivity index (χ4v) is 5.17. The smallest absolute Gasteiger partial charge is 0.326 e. The second-order valence-corrected chi connectivity index (χ2v) is 10.5. The SMILES string of the molecule is CC1CC[C@@H]2C(CO1)[C@H]([C@@H](C)[C@H]([O-])OCC(=O)N[C@H](C(=O)O)C(C)(C)C)CC[C@H]2C. The van der Waals surface area contributed by atoms with E-state index in [4.69, 9.17) is 9.47 Å². The lowest BCUT2D eigenvalue weighted by Gasteiger charge is -2.46. The van der Waals surface area contributed by atoms with Crippen molar-refractivity contribution in [3.05, 3.63) is 0 Å². The number of carbonyl (C=O) groups is 2. The van der Waals surface area contributed by atoms with Crippen molar-refractivity contribution in [2.45, 2.75) is 85.7 Å². The van der Waals surface area contributed by atoms with Crippen LogP contribution in [0.2, 0.25) is 0 Å². The zero-order valence-electron chi connectivity index (χ0n) is 19.3. The van der Waals surface area contributed by atoms with Crippen molar-refractivity contribution in [1.82, 2.24) is 5.32 Å². The summed E-state index contributed by atoms with van der Waals surface area (Å²) in [6.45, 7) is 11.8. The molecule has 1 heterocycles. The molecule has 2 unspecified atom stereocenters. The van der Waals surface area contributed by atoms with Gasteiger partial charge in [0.05, 0.1) is 12.7 Å². The lowest BCUT2D eigenvalue weighted by molar-refractivity contribution is -0.506. The number of carboxylic acids is 1. The minimum atomic E-state index is -1.33. The predicted octanol–water partition coefficient (Wildman–Crippen LogP) is 2.42. The Balaban J connectivity index is 1.94. The molecule has 1 amide bonds. The highest BCUT2D eigenvalue weighted by Gasteiger charge is 2.41. The Labute approximate surface area is 180 Å². The molecule has 2 N–H and O–H groups in total. The normalized spacial score (nSPS) is 33.0. The van der Waals surface area contributed by atoms with E-state index in [0.717, 1.165) is 25.7 Å². The number of aliphatic carboxylic acids is 1. The van der Waals surface area contributed by atoms with Crippen LogP contribution in [0.5, 0.6) is 0 Å². The molecule has 30 heavy (non-hydrogen) atoms. The van der Waals surface area contributed by atoms with Crippen molar-refractivity contribution in [3.63, 3.8) is 0 Å². The van der Waals surface area contributed by atoms with Crippen LogP contribution >= 0.6 is 0 Å². The van der Waals surface area contributed by atoms with Gasteiger partial charge in [0.25, 0.3) is 0 Å². The second-order valence-electron chi connectivity index (χ2n) is 10.5. The Hall–Kier alpha value is -1.18.